The minimum atomic E-state index is 0.566. The fourth-order valence-electron chi connectivity index (χ4n) is 1.15. The van der Waals surface area contributed by atoms with Crippen LogP contribution in [0.4, 0.5) is 5.69 Å². The molecular weight excluding hydrogens is 233 g/mol. The highest BCUT2D eigenvalue weighted by Gasteiger charge is 2.02. The van der Waals surface area contributed by atoms with Gasteiger partial charge in [-0.2, -0.15) is 0 Å². The number of nitrogens with two attached hydrogens (primary N) is 1. The van der Waals surface area contributed by atoms with Crippen molar-refractivity contribution in [2.24, 2.45) is 5.73 Å². The van der Waals surface area contributed by atoms with Gasteiger partial charge in [-0.3, -0.25) is 0 Å². The summed E-state index contributed by atoms with van der Waals surface area (Å²) in [5, 5.41) is 7.50. The minimum absolute atomic E-state index is 0.566. The molecule has 1 rings (SSSR count). The molecule has 1 aromatic carbocycles. The number of nitrogens with one attached hydrogen (secondary N) is 2. The molecule has 0 spiro atoms. The van der Waals surface area contributed by atoms with E-state index in [-0.39, 0.29) is 0 Å². The van der Waals surface area contributed by atoms with E-state index in [0.29, 0.717) is 16.6 Å². The summed E-state index contributed by atoms with van der Waals surface area (Å²) < 4.78 is 0. The smallest absolute Gasteiger partial charge is 0.0823 e. The maximum Gasteiger partial charge on any atom is 0.0823 e. The summed E-state index contributed by atoms with van der Waals surface area (Å²) in [5.41, 5.74) is 6.20. The predicted molar refractivity (Wildman–Crippen MR) is 66.9 cm³/mol. The summed E-state index contributed by atoms with van der Waals surface area (Å²) in [4.78, 5) is 0. The van der Waals surface area contributed by atoms with Crippen molar-refractivity contribution in [1.82, 2.24) is 5.32 Å². The second kappa shape index (κ2) is 6.90. The minimum Gasteiger partial charge on any atom is -0.383 e. The van der Waals surface area contributed by atoms with E-state index in [2.05, 4.69) is 10.6 Å². The maximum absolute atomic E-state index is 6.00. The highest BCUT2D eigenvalue weighted by atomic mass is 35.5. The Morgan fingerprint density at radius 1 is 1.13 bits per heavy atom. The molecule has 0 amide bonds. The van der Waals surface area contributed by atoms with Crippen LogP contribution in [0.25, 0.3) is 0 Å². The molecule has 0 atom stereocenters. The van der Waals surface area contributed by atoms with E-state index in [1.54, 1.807) is 6.07 Å². The SMILES string of the molecule is NCCNCCNc1cccc(Cl)c1Cl. The van der Waals surface area contributed by atoms with Crippen LogP contribution in [0.1, 0.15) is 0 Å². The summed E-state index contributed by atoms with van der Waals surface area (Å²) in [6.07, 6.45) is 0. The van der Waals surface area contributed by atoms with E-state index >= 15 is 0 Å². The van der Waals surface area contributed by atoms with E-state index in [4.69, 9.17) is 28.9 Å². The quantitative estimate of drug-likeness (QED) is 0.674. The van der Waals surface area contributed by atoms with Crippen molar-refractivity contribution in [3.05, 3.63) is 28.2 Å². The summed E-state index contributed by atoms with van der Waals surface area (Å²) in [6, 6.07) is 5.53. The lowest BCUT2D eigenvalue weighted by Crippen LogP contribution is -2.27. The van der Waals surface area contributed by atoms with E-state index in [9.17, 15) is 0 Å². The third kappa shape index (κ3) is 4.26. The molecule has 1 aromatic rings. The third-order valence-corrected chi connectivity index (χ3v) is 2.71. The Labute approximate surface area is 99.9 Å². The Hall–Kier alpha value is -0.480. The van der Waals surface area contributed by atoms with Crippen LogP contribution in [0.5, 0.6) is 0 Å². The molecular formula is C10H15Cl2N3. The largest absolute Gasteiger partial charge is 0.383 e. The first-order chi connectivity index (χ1) is 7.25. The van der Waals surface area contributed by atoms with Crippen molar-refractivity contribution in [3.8, 4) is 0 Å². The maximum atomic E-state index is 6.00. The Kier molecular flexibility index (Phi) is 5.79. The van der Waals surface area contributed by atoms with Crippen molar-refractivity contribution in [3.63, 3.8) is 0 Å². The molecule has 5 heteroatoms. The van der Waals surface area contributed by atoms with Crippen LogP contribution in [-0.4, -0.2) is 26.2 Å². The molecule has 0 aliphatic heterocycles. The average Bonchev–Trinajstić information content (AvgIpc) is 2.24. The number of anilines is 1. The third-order valence-electron chi connectivity index (χ3n) is 1.89. The normalized spacial score (nSPS) is 10.3. The van der Waals surface area contributed by atoms with Crippen molar-refractivity contribution < 1.29 is 0 Å². The molecule has 0 fully saturated rings. The van der Waals surface area contributed by atoms with E-state index in [0.717, 1.165) is 25.3 Å². The molecule has 0 aliphatic rings. The van der Waals surface area contributed by atoms with Crippen molar-refractivity contribution in [1.29, 1.82) is 0 Å². The summed E-state index contributed by atoms with van der Waals surface area (Å²) in [5.74, 6) is 0. The molecule has 0 aromatic heterocycles. The second-order valence-corrected chi connectivity index (χ2v) is 3.85. The summed E-state index contributed by atoms with van der Waals surface area (Å²) in [6.45, 7) is 3.11. The first-order valence-electron chi connectivity index (χ1n) is 4.84. The van der Waals surface area contributed by atoms with Gasteiger partial charge in [-0.05, 0) is 12.1 Å². The zero-order valence-corrected chi connectivity index (χ0v) is 9.91. The molecule has 15 heavy (non-hydrogen) atoms. The topological polar surface area (TPSA) is 50.1 Å². The lowest BCUT2D eigenvalue weighted by atomic mass is 10.3. The predicted octanol–water partition coefficient (Wildman–Crippen LogP) is 1.95. The van der Waals surface area contributed by atoms with Gasteiger partial charge < -0.3 is 16.4 Å². The van der Waals surface area contributed by atoms with Gasteiger partial charge in [0.1, 0.15) is 0 Å². The zero-order chi connectivity index (χ0) is 11.1. The van der Waals surface area contributed by atoms with Gasteiger partial charge in [0.15, 0.2) is 0 Å². The fraction of sp³-hybridized carbons (Fsp3) is 0.400. The molecule has 0 unspecified atom stereocenters. The molecule has 0 bridgehead atoms. The Morgan fingerprint density at radius 2 is 1.93 bits per heavy atom. The van der Waals surface area contributed by atoms with Crippen LogP contribution in [0.15, 0.2) is 18.2 Å². The molecule has 0 heterocycles. The van der Waals surface area contributed by atoms with Gasteiger partial charge in [0, 0.05) is 26.2 Å². The number of hydrogen-bond donors (Lipinski definition) is 3. The Bertz CT molecular complexity index is 305. The first-order valence-corrected chi connectivity index (χ1v) is 5.60. The highest BCUT2D eigenvalue weighted by Crippen LogP contribution is 2.29. The van der Waals surface area contributed by atoms with E-state index in [1.807, 2.05) is 12.1 Å². The molecule has 3 nitrogen and oxygen atoms in total. The molecule has 0 radical (unpaired) electrons. The van der Waals surface area contributed by atoms with Gasteiger partial charge in [0.25, 0.3) is 0 Å². The van der Waals surface area contributed by atoms with Gasteiger partial charge in [-0.1, -0.05) is 29.3 Å². The van der Waals surface area contributed by atoms with Gasteiger partial charge in [-0.15, -0.1) is 0 Å². The van der Waals surface area contributed by atoms with Crippen LogP contribution in [0.2, 0.25) is 10.0 Å². The monoisotopic (exact) mass is 247 g/mol. The molecule has 0 saturated carbocycles. The Morgan fingerprint density at radius 3 is 2.67 bits per heavy atom. The average molecular weight is 248 g/mol. The van der Waals surface area contributed by atoms with Crippen LogP contribution in [0, 0.1) is 0 Å². The number of hydrogen-bond acceptors (Lipinski definition) is 3. The number of halogens is 2. The number of benzene rings is 1. The van der Waals surface area contributed by atoms with Crippen molar-refractivity contribution in [2.75, 3.05) is 31.5 Å². The van der Waals surface area contributed by atoms with E-state index in [1.165, 1.54) is 0 Å². The highest BCUT2D eigenvalue weighted by molar-refractivity contribution is 6.43. The Balaban J connectivity index is 2.34. The van der Waals surface area contributed by atoms with Crippen molar-refractivity contribution >= 4 is 28.9 Å². The molecule has 0 saturated heterocycles. The molecule has 4 N–H and O–H groups in total. The summed E-state index contributed by atoms with van der Waals surface area (Å²) in [7, 11) is 0. The zero-order valence-electron chi connectivity index (χ0n) is 8.39. The number of rotatable bonds is 6. The summed E-state index contributed by atoms with van der Waals surface area (Å²) >= 11 is 11.9. The van der Waals surface area contributed by atoms with Gasteiger partial charge >= 0.3 is 0 Å². The first kappa shape index (κ1) is 12.6. The fourth-order valence-corrected chi connectivity index (χ4v) is 1.52. The van der Waals surface area contributed by atoms with Crippen LogP contribution in [-0.2, 0) is 0 Å². The molecule has 0 aliphatic carbocycles. The van der Waals surface area contributed by atoms with Crippen LogP contribution in [0.3, 0.4) is 0 Å². The second-order valence-electron chi connectivity index (χ2n) is 3.07. The lowest BCUT2D eigenvalue weighted by molar-refractivity contribution is 0.707. The van der Waals surface area contributed by atoms with Gasteiger partial charge in [0.2, 0.25) is 0 Å². The van der Waals surface area contributed by atoms with Crippen molar-refractivity contribution in [2.45, 2.75) is 0 Å². The van der Waals surface area contributed by atoms with Gasteiger partial charge in [-0.25, -0.2) is 0 Å². The van der Waals surface area contributed by atoms with Crippen LogP contribution < -0.4 is 16.4 Å². The standard InChI is InChI=1S/C10H15Cl2N3/c11-8-2-1-3-9(10(8)12)15-7-6-14-5-4-13/h1-3,14-15H,4-7,13H2. The van der Waals surface area contributed by atoms with E-state index < -0.39 is 0 Å². The van der Waals surface area contributed by atoms with Gasteiger partial charge in [0.05, 0.1) is 15.7 Å². The lowest BCUT2D eigenvalue weighted by Gasteiger charge is -2.09. The molecule has 84 valence electrons. The van der Waals surface area contributed by atoms with Crippen LogP contribution >= 0.6 is 23.2 Å².